The summed E-state index contributed by atoms with van der Waals surface area (Å²) in [6, 6.07) is 17.2. The molecule has 0 saturated heterocycles. The molecule has 0 fully saturated rings. The first-order valence-electron chi connectivity index (χ1n) is 10.3. The van der Waals surface area contributed by atoms with Gasteiger partial charge in [0.15, 0.2) is 0 Å². The molecule has 4 aromatic rings. The van der Waals surface area contributed by atoms with Gasteiger partial charge in [-0.05, 0) is 73.2 Å². The van der Waals surface area contributed by atoms with Gasteiger partial charge in [-0.1, -0.05) is 0 Å². The van der Waals surface area contributed by atoms with Crippen molar-refractivity contribution in [2.75, 3.05) is 11.5 Å². The first kappa shape index (κ1) is 21.2. The molecule has 7 heteroatoms. The molecule has 0 aliphatic heterocycles. The fraction of sp³-hybridized carbons (Fsp3) is 0.160. The fourth-order valence-electron chi connectivity index (χ4n) is 3.68. The van der Waals surface area contributed by atoms with Crippen molar-refractivity contribution in [3.63, 3.8) is 0 Å². The van der Waals surface area contributed by atoms with Crippen molar-refractivity contribution in [2.45, 2.75) is 13.8 Å². The van der Waals surface area contributed by atoms with Crippen LogP contribution in [-0.2, 0) is 11.8 Å². The van der Waals surface area contributed by atoms with Crippen LogP contribution in [0, 0.1) is 5.82 Å². The number of hydrogen-bond donors (Lipinski definition) is 0. The molecule has 0 radical (unpaired) electrons. The van der Waals surface area contributed by atoms with E-state index >= 15 is 0 Å². The zero-order valence-corrected chi connectivity index (χ0v) is 18.1. The molecule has 0 N–H and O–H groups in total. The highest BCUT2D eigenvalue weighted by atomic mass is 19.1. The minimum Gasteiger partial charge on any atom is -0.494 e. The van der Waals surface area contributed by atoms with Gasteiger partial charge >= 0.3 is 0 Å². The Morgan fingerprint density at radius 3 is 2.25 bits per heavy atom. The summed E-state index contributed by atoms with van der Waals surface area (Å²) >= 11 is 0. The van der Waals surface area contributed by atoms with E-state index in [4.69, 9.17) is 9.84 Å². The second-order valence-corrected chi connectivity index (χ2v) is 7.19. The maximum Gasteiger partial charge on any atom is 0.229 e. The Morgan fingerprint density at radius 1 is 1.00 bits per heavy atom. The largest absolute Gasteiger partial charge is 0.494 e. The van der Waals surface area contributed by atoms with Crippen LogP contribution in [-0.4, -0.2) is 27.3 Å². The number of amides is 1. The molecule has 32 heavy (non-hydrogen) atoms. The Morgan fingerprint density at radius 2 is 1.66 bits per heavy atom. The van der Waals surface area contributed by atoms with E-state index in [0.29, 0.717) is 23.8 Å². The number of aryl methyl sites for hydroxylation is 1. The van der Waals surface area contributed by atoms with E-state index in [-0.39, 0.29) is 11.7 Å². The molecule has 4 rings (SSSR count). The first-order chi connectivity index (χ1) is 15.5. The quantitative estimate of drug-likeness (QED) is 0.413. The number of carbonyl (C=O) groups is 1. The number of carbonyl (C=O) groups excluding carboxylic acids is 1. The predicted molar refractivity (Wildman–Crippen MR) is 122 cm³/mol. The molecule has 2 heterocycles. The van der Waals surface area contributed by atoms with Gasteiger partial charge in [0.25, 0.3) is 0 Å². The summed E-state index contributed by atoms with van der Waals surface area (Å²) in [5, 5.41) is 4.72. The topological polar surface area (TPSA) is 60.2 Å². The van der Waals surface area contributed by atoms with Crippen LogP contribution in [0.2, 0.25) is 0 Å². The van der Waals surface area contributed by atoms with Crippen molar-refractivity contribution >= 4 is 17.4 Å². The average molecular weight is 430 g/mol. The van der Waals surface area contributed by atoms with Gasteiger partial charge in [0.2, 0.25) is 5.91 Å². The standard InChI is InChI=1S/C25H23FN4O2/c1-4-32-22-11-9-21(10-12-22)30(17(2)31)25-23(18-13-15-27-16-14-18)24(28-29(25)3)19-5-7-20(26)8-6-19/h5-16H,4H2,1-3H3. The third-order valence-electron chi connectivity index (χ3n) is 5.04. The van der Waals surface area contributed by atoms with E-state index < -0.39 is 0 Å². The third-order valence-corrected chi connectivity index (χ3v) is 5.04. The van der Waals surface area contributed by atoms with Crippen molar-refractivity contribution < 1.29 is 13.9 Å². The van der Waals surface area contributed by atoms with Gasteiger partial charge in [0, 0.05) is 31.9 Å². The third kappa shape index (κ3) is 4.09. The molecule has 0 spiro atoms. The lowest BCUT2D eigenvalue weighted by Gasteiger charge is -2.23. The normalized spacial score (nSPS) is 10.8. The Hall–Kier alpha value is -4.00. The number of halogens is 1. The van der Waals surface area contributed by atoms with Crippen molar-refractivity contribution in [1.29, 1.82) is 0 Å². The number of aromatic nitrogens is 3. The van der Waals surface area contributed by atoms with Crippen LogP contribution in [0.5, 0.6) is 5.75 Å². The molecule has 162 valence electrons. The molecule has 0 saturated carbocycles. The number of nitrogens with zero attached hydrogens (tertiary/aromatic N) is 4. The second-order valence-electron chi connectivity index (χ2n) is 7.19. The number of pyridine rings is 1. The van der Waals surface area contributed by atoms with Gasteiger partial charge < -0.3 is 4.74 Å². The molecule has 1 amide bonds. The smallest absolute Gasteiger partial charge is 0.229 e. The van der Waals surface area contributed by atoms with E-state index in [9.17, 15) is 9.18 Å². The molecule has 2 aromatic heterocycles. The number of rotatable bonds is 6. The molecule has 0 aliphatic carbocycles. The lowest BCUT2D eigenvalue weighted by atomic mass is 10.0. The van der Waals surface area contributed by atoms with Crippen LogP contribution < -0.4 is 9.64 Å². The predicted octanol–water partition coefficient (Wildman–Crippen LogP) is 5.37. The molecule has 0 atom stereocenters. The maximum atomic E-state index is 13.6. The number of anilines is 2. The van der Waals surface area contributed by atoms with Crippen LogP contribution in [0.15, 0.2) is 73.1 Å². The molecule has 0 aliphatic rings. The molecular weight excluding hydrogens is 407 g/mol. The van der Waals surface area contributed by atoms with E-state index in [1.807, 2.05) is 43.3 Å². The molecule has 6 nitrogen and oxygen atoms in total. The Kier molecular flexibility index (Phi) is 5.98. The summed E-state index contributed by atoms with van der Waals surface area (Å²) in [5.41, 5.74) is 3.68. The molecular formula is C25H23FN4O2. The molecule has 2 aromatic carbocycles. The summed E-state index contributed by atoms with van der Waals surface area (Å²) in [7, 11) is 1.79. The van der Waals surface area contributed by atoms with E-state index in [2.05, 4.69) is 4.98 Å². The summed E-state index contributed by atoms with van der Waals surface area (Å²) in [5.74, 6) is 0.839. The van der Waals surface area contributed by atoms with Crippen LogP contribution in [0.3, 0.4) is 0 Å². The summed E-state index contributed by atoms with van der Waals surface area (Å²) in [6.07, 6.45) is 3.38. The lowest BCUT2D eigenvalue weighted by Crippen LogP contribution is -2.25. The fourth-order valence-corrected chi connectivity index (χ4v) is 3.68. The van der Waals surface area contributed by atoms with Crippen LogP contribution in [0.25, 0.3) is 22.4 Å². The van der Waals surface area contributed by atoms with E-state index in [1.165, 1.54) is 19.1 Å². The Labute approximate surface area is 185 Å². The van der Waals surface area contributed by atoms with Crippen LogP contribution in [0.1, 0.15) is 13.8 Å². The highest BCUT2D eigenvalue weighted by Gasteiger charge is 2.27. The SMILES string of the molecule is CCOc1ccc(N(C(C)=O)c2c(-c3ccncc3)c(-c3ccc(F)cc3)nn2C)cc1. The van der Waals surface area contributed by atoms with Gasteiger partial charge in [-0.25, -0.2) is 4.39 Å². The van der Waals surface area contributed by atoms with Gasteiger partial charge in [0.05, 0.1) is 17.9 Å². The number of ether oxygens (including phenoxy) is 1. The van der Waals surface area contributed by atoms with Gasteiger partial charge in [-0.15, -0.1) is 0 Å². The molecule has 0 unspecified atom stereocenters. The minimum absolute atomic E-state index is 0.168. The average Bonchev–Trinajstić information content (AvgIpc) is 3.13. The van der Waals surface area contributed by atoms with Crippen LogP contribution in [0.4, 0.5) is 15.9 Å². The Balaban J connectivity index is 1.93. The molecule has 0 bridgehead atoms. The van der Waals surface area contributed by atoms with Crippen molar-refractivity contribution in [3.8, 4) is 28.1 Å². The van der Waals surface area contributed by atoms with Gasteiger partial charge in [0.1, 0.15) is 23.1 Å². The van der Waals surface area contributed by atoms with Crippen molar-refractivity contribution in [3.05, 3.63) is 78.9 Å². The lowest BCUT2D eigenvalue weighted by molar-refractivity contribution is -0.115. The van der Waals surface area contributed by atoms with E-state index in [0.717, 1.165) is 22.4 Å². The Bertz CT molecular complexity index is 1220. The highest BCUT2D eigenvalue weighted by Crippen LogP contribution is 2.41. The van der Waals surface area contributed by atoms with Crippen molar-refractivity contribution in [2.24, 2.45) is 7.05 Å². The number of hydrogen-bond acceptors (Lipinski definition) is 4. The second kappa shape index (κ2) is 9.01. The van der Waals surface area contributed by atoms with Gasteiger partial charge in [-0.3, -0.25) is 19.4 Å². The van der Waals surface area contributed by atoms with Crippen molar-refractivity contribution in [1.82, 2.24) is 14.8 Å². The van der Waals surface area contributed by atoms with E-state index in [1.54, 1.807) is 41.2 Å². The summed E-state index contributed by atoms with van der Waals surface area (Å²) in [4.78, 5) is 18.6. The number of benzene rings is 2. The monoisotopic (exact) mass is 430 g/mol. The zero-order chi connectivity index (χ0) is 22.7. The highest BCUT2D eigenvalue weighted by molar-refractivity contribution is 6.04. The van der Waals surface area contributed by atoms with Gasteiger partial charge in [-0.2, -0.15) is 5.10 Å². The summed E-state index contributed by atoms with van der Waals surface area (Å²) in [6.45, 7) is 3.99. The first-order valence-corrected chi connectivity index (χ1v) is 10.3. The summed E-state index contributed by atoms with van der Waals surface area (Å²) < 4.78 is 20.8. The van der Waals surface area contributed by atoms with Crippen LogP contribution >= 0.6 is 0 Å². The minimum atomic E-state index is -0.324. The zero-order valence-electron chi connectivity index (χ0n) is 18.1. The maximum absolute atomic E-state index is 13.6.